The van der Waals surface area contributed by atoms with Crippen LogP contribution < -0.4 is 10.1 Å². The maximum Gasteiger partial charge on any atom is 0.404 e. The topological polar surface area (TPSA) is 86.8 Å². The number of carbonyl (C=O) groups is 2. The highest BCUT2D eigenvalue weighted by Crippen LogP contribution is 2.40. The molecule has 0 aromatic heterocycles. The van der Waals surface area contributed by atoms with Crippen LogP contribution in [0.1, 0.15) is 59.3 Å². The molecule has 2 heterocycles. The molecule has 4 rings (SSSR count). The van der Waals surface area contributed by atoms with Crippen molar-refractivity contribution in [3.63, 3.8) is 0 Å². The first-order chi connectivity index (χ1) is 21.5. The van der Waals surface area contributed by atoms with Crippen molar-refractivity contribution in [3.05, 3.63) is 24.3 Å². The van der Waals surface area contributed by atoms with E-state index < -0.39 is 40.4 Å². The largest absolute Gasteiger partial charge is 0.465 e. The van der Waals surface area contributed by atoms with E-state index in [1.165, 1.54) is 12.2 Å². The third kappa shape index (κ3) is 9.91. The quantitative estimate of drug-likeness (QED) is 0.0541. The van der Waals surface area contributed by atoms with Gasteiger partial charge in [0.2, 0.25) is 0 Å². The summed E-state index contributed by atoms with van der Waals surface area (Å²) in [6.45, 7) is 12.5. The van der Waals surface area contributed by atoms with Crippen molar-refractivity contribution in [3.8, 4) is 0 Å². The molecule has 254 valence electrons. The Balaban J connectivity index is 1.38. The fourth-order valence-electron chi connectivity index (χ4n) is 6.90. The lowest BCUT2D eigenvalue weighted by molar-refractivity contribution is -0.149. The van der Waals surface area contributed by atoms with E-state index in [4.69, 9.17) is 22.1 Å². The van der Waals surface area contributed by atoms with Gasteiger partial charge in [-0.25, -0.2) is 4.79 Å². The average Bonchev–Trinajstić information content (AvgIpc) is 3.83. The summed E-state index contributed by atoms with van der Waals surface area (Å²) in [6.07, 6.45) is 4.70. The fraction of sp³-hybridized carbons (Fsp3) is 0.750. The van der Waals surface area contributed by atoms with E-state index in [2.05, 4.69) is 39.9 Å². The Kier molecular flexibility index (Phi) is 13.2. The van der Waals surface area contributed by atoms with E-state index in [9.17, 15) is 14.0 Å². The van der Waals surface area contributed by atoms with Gasteiger partial charge in [0.15, 0.2) is 8.32 Å². The van der Waals surface area contributed by atoms with Crippen molar-refractivity contribution < 1.29 is 36.1 Å². The number of nitrogens with zero attached hydrogens (tertiary/aromatic N) is 1. The van der Waals surface area contributed by atoms with E-state index >= 15 is 0 Å². The summed E-state index contributed by atoms with van der Waals surface area (Å²) in [5, 5.41) is 1.23. The standard InChI is InChI=1S/C32H56FNO7Si4/c1-7-42-40-44(8-2,23-22-43(5,6)28-15-12-14-27(25-28)34(4)32(33)36)20-11-10-19-38-45(9-3,41-42)21-13-18-37-31(35)26-16-17-29-30(24-26)39-29/h12,14-15,25-26,29-30,42H,7-11,13,16-24H2,1-6H3. The highest BCUT2D eigenvalue weighted by Gasteiger charge is 2.47. The van der Waals surface area contributed by atoms with Gasteiger partial charge < -0.3 is 22.1 Å². The van der Waals surface area contributed by atoms with Crippen molar-refractivity contribution >= 4 is 57.2 Å². The van der Waals surface area contributed by atoms with Crippen LogP contribution in [0.4, 0.5) is 14.9 Å². The van der Waals surface area contributed by atoms with Gasteiger partial charge in [0.1, 0.15) is 0 Å². The van der Waals surface area contributed by atoms with Gasteiger partial charge in [-0.1, -0.05) is 63.6 Å². The second kappa shape index (κ2) is 16.3. The molecule has 1 aromatic carbocycles. The Bertz CT molecular complexity index is 1150. The molecule has 2 saturated heterocycles. The molecule has 6 unspecified atom stereocenters. The van der Waals surface area contributed by atoms with Crippen LogP contribution in [0.15, 0.2) is 24.3 Å². The van der Waals surface area contributed by atoms with E-state index in [1.54, 1.807) is 6.07 Å². The van der Waals surface area contributed by atoms with Gasteiger partial charge in [0.05, 0.1) is 32.8 Å². The number of esters is 1. The van der Waals surface area contributed by atoms with Crippen LogP contribution in [0.2, 0.25) is 55.4 Å². The zero-order valence-corrected chi connectivity index (χ0v) is 32.6. The number of fused-ring (bicyclic) bond motifs is 1. The lowest BCUT2D eigenvalue weighted by Crippen LogP contribution is -2.53. The predicted octanol–water partition coefficient (Wildman–Crippen LogP) is 7.14. The van der Waals surface area contributed by atoms with Crippen LogP contribution in [0.5, 0.6) is 0 Å². The smallest absolute Gasteiger partial charge is 0.404 e. The van der Waals surface area contributed by atoms with E-state index in [-0.39, 0.29) is 18.0 Å². The molecular formula is C32H56FNO7Si4. The van der Waals surface area contributed by atoms with E-state index in [0.29, 0.717) is 18.4 Å². The van der Waals surface area contributed by atoms with Crippen molar-refractivity contribution in [2.75, 3.05) is 25.2 Å². The Morgan fingerprint density at radius 1 is 1.09 bits per heavy atom. The summed E-state index contributed by atoms with van der Waals surface area (Å²) in [7, 11) is -7.02. The molecule has 1 aliphatic carbocycles. The lowest BCUT2D eigenvalue weighted by Gasteiger charge is -2.41. The van der Waals surface area contributed by atoms with Crippen molar-refractivity contribution in [2.45, 2.75) is 127 Å². The normalized spacial score (nSPS) is 30.6. The molecule has 8 nitrogen and oxygen atoms in total. The third-order valence-corrected chi connectivity index (χ3v) is 27.4. The monoisotopic (exact) mass is 697 g/mol. The zero-order valence-electron chi connectivity index (χ0n) is 28.4. The Morgan fingerprint density at radius 3 is 2.58 bits per heavy atom. The first-order valence-electron chi connectivity index (χ1n) is 17.3. The molecule has 1 amide bonds. The molecule has 0 spiro atoms. The van der Waals surface area contributed by atoms with Gasteiger partial charge >= 0.3 is 30.0 Å². The summed E-state index contributed by atoms with van der Waals surface area (Å²) in [4.78, 5) is 25.1. The van der Waals surface area contributed by atoms with Crippen molar-refractivity contribution in [1.29, 1.82) is 0 Å². The molecule has 0 bridgehead atoms. The molecule has 13 heteroatoms. The molecule has 0 N–H and O–H groups in total. The molecular weight excluding hydrogens is 642 g/mol. The molecule has 3 fully saturated rings. The number of hydrogen-bond donors (Lipinski definition) is 0. The highest BCUT2D eigenvalue weighted by molar-refractivity contribution is 6.91. The zero-order chi connectivity index (χ0) is 32.7. The summed E-state index contributed by atoms with van der Waals surface area (Å²) >= 11 is 0. The predicted molar refractivity (Wildman–Crippen MR) is 187 cm³/mol. The number of epoxide rings is 1. The molecule has 3 aliphatic rings. The second-order valence-electron chi connectivity index (χ2n) is 13.9. The van der Waals surface area contributed by atoms with Crippen LogP contribution in [0.3, 0.4) is 0 Å². The number of carbonyl (C=O) groups excluding carboxylic acids is 2. The Labute approximate surface area is 274 Å². The maximum absolute atomic E-state index is 13.4. The molecule has 1 aromatic rings. The first-order valence-corrected chi connectivity index (χ1v) is 27.0. The number of benzene rings is 1. The minimum atomic E-state index is -2.51. The van der Waals surface area contributed by atoms with Crippen LogP contribution in [-0.2, 0) is 26.9 Å². The van der Waals surface area contributed by atoms with Crippen molar-refractivity contribution in [1.82, 2.24) is 0 Å². The highest BCUT2D eigenvalue weighted by atomic mass is 28.5. The Hall–Kier alpha value is -1.20. The van der Waals surface area contributed by atoms with E-state index in [0.717, 1.165) is 92.3 Å². The van der Waals surface area contributed by atoms with Gasteiger partial charge in [0, 0.05) is 19.3 Å². The molecule has 45 heavy (non-hydrogen) atoms. The third-order valence-electron chi connectivity index (χ3n) is 10.4. The van der Waals surface area contributed by atoms with Crippen LogP contribution in [0, 0.1) is 5.92 Å². The summed E-state index contributed by atoms with van der Waals surface area (Å²) < 4.78 is 45.7. The van der Waals surface area contributed by atoms with Crippen LogP contribution in [-0.4, -0.2) is 78.8 Å². The first kappa shape index (κ1) is 36.6. The molecule has 2 aliphatic heterocycles. The number of halogens is 1. The van der Waals surface area contributed by atoms with Gasteiger partial charge in [-0.2, -0.15) is 0 Å². The number of amides is 1. The minimum absolute atomic E-state index is 0.0256. The van der Waals surface area contributed by atoms with E-state index in [1.807, 2.05) is 12.1 Å². The van der Waals surface area contributed by atoms with Gasteiger partial charge in [0.25, 0.3) is 0 Å². The molecule has 1 saturated carbocycles. The van der Waals surface area contributed by atoms with Gasteiger partial charge in [-0.05, 0) is 80.5 Å². The fourth-order valence-corrected chi connectivity index (χ4v) is 25.5. The van der Waals surface area contributed by atoms with Gasteiger partial charge in [-0.15, -0.1) is 4.39 Å². The number of anilines is 1. The summed E-state index contributed by atoms with van der Waals surface area (Å²) in [5.41, 5.74) is 0.598. The summed E-state index contributed by atoms with van der Waals surface area (Å²) in [6, 6.07) is 14.8. The summed E-state index contributed by atoms with van der Waals surface area (Å²) in [5.74, 6) is -0.102. The van der Waals surface area contributed by atoms with Crippen LogP contribution in [0.25, 0.3) is 0 Å². The SMILES string of the molecule is CC[SiH]1O[Si](CC)(CC[Si](C)(C)c2cccc(N(C)C(=O)F)c2)CCCCO[Si](CC)(CCCOC(=O)C2CCC3OC3C2)O1. The maximum atomic E-state index is 13.4. The average molecular weight is 698 g/mol. The van der Waals surface area contributed by atoms with Crippen molar-refractivity contribution in [2.24, 2.45) is 5.92 Å². The van der Waals surface area contributed by atoms with Gasteiger partial charge in [-0.3, -0.25) is 9.69 Å². The number of rotatable bonds is 13. The molecule has 6 atom stereocenters. The number of ether oxygens (including phenoxy) is 2. The molecule has 0 radical (unpaired) electrons. The lowest BCUT2D eigenvalue weighted by atomic mass is 9.89. The van der Waals surface area contributed by atoms with Crippen LogP contribution >= 0.6 is 0 Å². The minimum Gasteiger partial charge on any atom is -0.465 e. The Morgan fingerprint density at radius 2 is 1.89 bits per heavy atom. The second-order valence-corrected chi connectivity index (χ2v) is 29.7. The number of hydrogen-bond acceptors (Lipinski definition) is 7.